The monoisotopic (exact) mass is 503 g/mol. The van der Waals surface area contributed by atoms with Crippen molar-refractivity contribution in [3.63, 3.8) is 0 Å². The minimum Gasteiger partial charge on any atom is -0.494 e. The zero-order valence-corrected chi connectivity index (χ0v) is 20.7. The molecule has 3 heterocycles. The topological polar surface area (TPSA) is 119 Å². The Hall–Kier alpha value is -2.82. The molecule has 0 saturated heterocycles. The average Bonchev–Trinajstić information content (AvgIpc) is 3.25. The molecule has 1 aliphatic carbocycles. The van der Waals surface area contributed by atoms with E-state index in [1.165, 1.54) is 30.8 Å². The van der Waals surface area contributed by atoms with Crippen LogP contribution >= 0.6 is 22.9 Å². The Morgan fingerprint density at radius 2 is 1.94 bits per heavy atom. The Bertz CT molecular complexity index is 1160. The molecular formula is C23H26ClN5O4S. The molecule has 0 aliphatic heterocycles. The first-order valence-electron chi connectivity index (χ1n) is 11.0. The lowest BCUT2D eigenvalue weighted by molar-refractivity contribution is 0.0606. The summed E-state index contributed by atoms with van der Waals surface area (Å²) < 4.78 is 11.4. The molecule has 9 nitrogen and oxygen atoms in total. The second-order valence-electron chi connectivity index (χ2n) is 8.30. The molecular weight excluding hydrogens is 478 g/mol. The van der Waals surface area contributed by atoms with Crippen molar-refractivity contribution in [2.75, 3.05) is 12.4 Å². The number of pyridine rings is 2. The summed E-state index contributed by atoms with van der Waals surface area (Å²) in [5.74, 6) is 0.411. The second kappa shape index (κ2) is 10.6. The maximum Gasteiger partial charge on any atom is 0.296 e. The maximum absolute atomic E-state index is 13.1. The van der Waals surface area contributed by atoms with Crippen molar-refractivity contribution in [3.8, 4) is 22.1 Å². The Morgan fingerprint density at radius 3 is 2.65 bits per heavy atom. The van der Waals surface area contributed by atoms with Crippen LogP contribution < -0.4 is 14.8 Å². The number of rotatable bonds is 7. The van der Waals surface area contributed by atoms with E-state index in [4.69, 9.17) is 21.1 Å². The van der Waals surface area contributed by atoms with E-state index in [-0.39, 0.29) is 17.4 Å². The number of carbonyl (C=O) groups is 1. The van der Waals surface area contributed by atoms with Gasteiger partial charge in [0.2, 0.25) is 5.13 Å². The number of aliphatic hydroxyl groups is 1. The first-order chi connectivity index (χ1) is 16.3. The van der Waals surface area contributed by atoms with Crippen LogP contribution in [0.1, 0.15) is 48.7 Å². The summed E-state index contributed by atoms with van der Waals surface area (Å²) in [4.78, 5) is 21.5. The number of nitrogens with zero attached hydrogens (tertiary/aromatic N) is 4. The van der Waals surface area contributed by atoms with Crippen LogP contribution in [-0.2, 0) is 0 Å². The van der Waals surface area contributed by atoms with Crippen molar-refractivity contribution in [2.24, 2.45) is 5.92 Å². The Balaban J connectivity index is 1.48. The van der Waals surface area contributed by atoms with Crippen molar-refractivity contribution in [1.29, 1.82) is 0 Å². The van der Waals surface area contributed by atoms with Crippen LogP contribution in [0.25, 0.3) is 11.1 Å². The van der Waals surface area contributed by atoms with Gasteiger partial charge in [-0.25, -0.2) is 4.98 Å². The fourth-order valence-corrected chi connectivity index (χ4v) is 4.87. The number of aromatic nitrogens is 4. The van der Waals surface area contributed by atoms with E-state index < -0.39 is 5.91 Å². The van der Waals surface area contributed by atoms with Gasteiger partial charge in [0.25, 0.3) is 11.1 Å². The van der Waals surface area contributed by atoms with E-state index in [9.17, 15) is 9.90 Å². The smallest absolute Gasteiger partial charge is 0.296 e. The molecule has 1 atom stereocenters. The molecule has 0 unspecified atom stereocenters. The van der Waals surface area contributed by atoms with Gasteiger partial charge in [0.1, 0.15) is 17.0 Å². The minimum atomic E-state index is -0.391. The largest absolute Gasteiger partial charge is 0.494 e. The first-order valence-corrected chi connectivity index (χ1v) is 12.2. The number of ether oxygens (including phenoxy) is 2. The van der Waals surface area contributed by atoms with Gasteiger partial charge in [-0.1, -0.05) is 16.7 Å². The number of aryl methyl sites for hydroxylation is 1. The van der Waals surface area contributed by atoms with Gasteiger partial charge in [-0.05, 0) is 68.9 Å². The van der Waals surface area contributed by atoms with Crippen molar-refractivity contribution >= 4 is 34.0 Å². The van der Waals surface area contributed by atoms with Gasteiger partial charge in [-0.2, -0.15) is 0 Å². The Labute approximate surface area is 206 Å². The third-order valence-corrected chi connectivity index (χ3v) is 6.86. The third kappa shape index (κ3) is 5.63. The molecule has 4 rings (SSSR count). The van der Waals surface area contributed by atoms with Crippen LogP contribution in [0, 0.1) is 12.8 Å². The van der Waals surface area contributed by atoms with Gasteiger partial charge < -0.3 is 14.6 Å². The summed E-state index contributed by atoms with van der Waals surface area (Å²) in [6.45, 7) is 3.67. The molecule has 2 N–H and O–H groups in total. The average molecular weight is 504 g/mol. The van der Waals surface area contributed by atoms with E-state index in [1.807, 2.05) is 13.8 Å². The van der Waals surface area contributed by atoms with E-state index in [0.29, 0.717) is 38.7 Å². The summed E-state index contributed by atoms with van der Waals surface area (Å²) in [7, 11) is 1.53. The minimum absolute atomic E-state index is 0.0308. The van der Waals surface area contributed by atoms with Crippen LogP contribution in [0.4, 0.5) is 5.13 Å². The molecule has 180 valence electrons. The third-order valence-electron chi connectivity index (χ3n) is 5.92. The van der Waals surface area contributed by atoms with Crippen molar-refractivity contribution in [3.05, 3.63) is 40.9 Å². The molecule has 1 saturated carbocycles. The summed E-state index contributed by atoms with van der Waals surface area (Å²) in [5, 5.41) is 21.7. The van der Waals surface area contributed by atoms with E-state index in [1.54, 1.807) is 12.1 Å². The molecule has 1 fully saturated rings. The summed E-state index contributed by atoms with van der Waals surface area (Å²) in [5.41, 5.74) is 2.31. The van der Waals surface area contributed by atoms with Gasteiger partial charge in [0.15, 0.2) is 0 Å². The normalized spacial score (nSPS) is 18.9. The number of hydrogen-bond donors (Lipinski definition) is 2. The molecule has 34 heavy (non-hydrogen) atoms. The van der Waals surface area contributed by atoms with Gasteiger partial charge in [-0.15, -0.1) is 5.10 Å². The zero-order chi connectivity index (χ0) is 24.2. The Morgan fingerprint density at radius 1 is 1.18 bits per heavy atom. The molecule has 0 bridgehead atoms. The number of nitrogens with one attached hydrogen (secondary N) is 1. The Kier molecular flexibility index (Phi) is 7.60. The molecule has 0 aromatic carbocycles. The fourth-order valence-electron chi connectivity index (χ4n) is 4.06. The highest BCUT2D eigenvalue weighted by Gasteiger charge is 2.26. The highest BCUT2D eigenvalue weighted by atomic mass is 35.5. The molecule has 3 aromatic heterocycles. The highest BCUT2D eigenvalue weighted by Crippen LogP contribution is 2.35. The predicted octanol–water partition coefficient (Wildman–Crippen LogP) is 4.54. The van der Waals surface area contributed by atoms with Crippen LogP contribution in [-0.4, -0.2) is 50.5 Å². The highest BCUT2D eigenvalue weighted by molar-refractivity contribution is 7.17. The van der Waals surface area contributed by atoms with E-state index in [0.717, 1.165) is 31.4 Å². The van der Waals surface area contributed by atoms with Gasteiger partial charge in [0, 0.05) is 23.0 Å². The molecule has 1 amide bonds. The fraction of sp³-hybridized carbons (Fsp3) is 0.435. The van der Waals surface area contributed by atoms with Crippen LogP contribution in [0.15, 0.2) is 24.5 Å². The zero-order valence-electron chi connectivity index (χ0n) is 19.1. The molecule has 11 heteroatoms. The quantitative estimate of drug-likeness (QED) is 0.451. The molecule has 1 aliphatic rings. The summed E-state index contributed by atoms with van der Waals surface area (Å²) in [6.07, 6.45) is 6.28. The maximum atomic E-state index is 13.1. The number of anilines is 1. The number of amides is 1. The number of aliphatic hydroxyl groups excluding tert-OH is 1. The van der Waals surface area contributed by atoms with Gasteiger partial charge >= 0.3 is 0 Å². The summed E-state index contributed by atoms with van der Waals surface area (Å²) in [6, 6.07) is 3.44. The van der Waals surface area contributed by atoms with Crippen LogP contribution in [0.5, 0.6) is 10.9 Å². The van der Waals surface area contributed by atoms with E-state index in [2.05, 4.69) is 25.5 Å². The van der Waals surface area contributed by atoms with Crippen LogP contribution in [0.2, 0.25) is 5.15 Å². The number of methoxy groups -OCH3 is 1. The van der Waals surface area contributed by atoms with Gasteiger partial charge in [0.05, 0.1) is 25.0 Å². The summed E-state index contributed by atoms with van der Waals surface area (Å²) >= 11 is 7.28. The molecule has 3 aromatic rings. The SMILES string of the molecule is COc1cnc(Cl)cc1-c1cc(C)ncc1C(=O)Nc1nnc(OC2CCC([C@@H](C)O)CC2)s1. The van der Waals surface area contributed by atoms with Crippen molar-refractivity contribution in [1.82, 2.24) is 20.2 Å². The molecule has 0 spiro atoms. The lowest BCUT2D eigenvalue weighted by Crippen LogP contribution is -2.28. The van der Waals surface area contributed by atoms with Crippen molar-refractivity contribution in [2.45, 2.75) is 51.7 Å². The number of carbonyl (C=O) groups excluding carboxylic acids is 1. The van der Waals surface area contributed by atoms with Gasteiger partial charge in [-0.3, -0.25) is 15.1 Å². The first kappa shape index (κ1) is 24.3. The number of halogens is 1. The second-order valence-corrected chi connectivity index (χ2v) is 9.63. The lowest BCUT2D eigenvalue weighted by atomic mass is 9.84. The number of hydrogen-bond acceptors (Lipinski definition) is 9. The lowest BCUT2D eigenvalue weighted by Gasteiger charge is -2.29. The molecule has 0 radical (unpaired) electrons. The van der Waals surface area contributed by atoms with Crippen LogP contribution in [0.3, 0.4) is 0 Å². The predicted molar refractivity (Wildman–Crippen MR) is 130 cm³/mol. The van der Waals surface area contributed by atoms with E-state index >= 15 is 0 Å². The standard InChI is InChI=1S/C23H26ClN5O4S/c1-12-8-16(17-9-20(24)26-11-19(17)32-3)18(10-25-12)21(31)27-22-28-29-23(34-22)33-15-6-4-14(5-7-15)13(2)30/h8-11,13-15,30H,4-7H2,1-3H3,(H,27,28,31)/t13-,14?,15?/m1/s1. The van der Waals surface area contributed by atoms with Crippen molar-refractivity contribution < 1.29 is 19.4 Å².